The van der Waals surface area contributed by atoms with E-state index in [1.165, 1.54) is 23.1 Å². The zero-order chi connectivity index (χ0) is 15.8. The van der Waals surface area contributed by atoms with Crippen molar-refractivity contribution < 1.29 is 23.5 Å². The standard InChI is InChI=1S/C15H20FNO4/c1-4-20-15(19)9-17(11(2)3)14(18)10-21-13-7-5-6-12(16)8-13/h5-8,11H,4,9-10H2,1-3H3. The van der Waals surface area contributed by atoms with Gasteiger partial charge in [-0.3, -0.25) is 9.59 Å². The maximum Gasteiger partial charge on any atom is 0.325 e. The molecule has 0 heterocycles. The molecular formula is C15H20FNO4. The second kappa shape index (κ2) is 8.24. The number of hydrogen-bond donors (Lipinski definition) is 0. The third kappa shape index (κ3) is 5.81. The molecule has 116 valence electrons. The minimum absolute atomic E-state index is 0.128. The van der Waals surface area contributed by atoms with Gasteiger partial charge >= 0.3 is 5.97 Å². The van der Waals surface area contributed by atoms with Gasteiger partial charge in [0.25, 0.3) is 5.91 Å². The molecule has 1 amide bonds. The number of benzene rings is 1. The summed E-state index contributed by atoms with van der Waals surface area (Å²) < 4.78 is 23.1. The summed E-state index contributed by atoms with van der Waals surface area (Å²) in [6.45, 7) is 5.15. The number of halogens is 1. The molecule has 0 saturated carbocycles. The molecule has 0 atom stereocenters. The van der Waals surface area contributed by atoms with Crippen LogP contribution in [0.3, 0.4) is 0 Å². The molecule has 0 saturated heterocycles. The van der Waals surface area contributed by atoms with Crippen LogP contribution in [-0.4, -0.2) is 42.6 Å². The van der Waals surface area contributed by atoms with Crippen LogP contribution in [0.4, 0.5) is 4.39 Å². The van der Waals surface area contributed by atoms with Crippen LogP contribution in [-0.2, 0) is 14.3 Å². The lowest BCUT2D eigenvalue weighted by atomic mass is 10.3. The summed E-state index contributed by atoms with van der Waals surface area (Å²) in [6.07, 6.45) is 0. The van der Waals surface area contributed by atoms with Gasteiger partial charge in [-0.15, -0.1) is 0 Å². The highest BCUT2D eigenvalue weighted by Gasteiger charge is 2.21. The van der Waals surface area contributed by atoms with E-state index < -0.39 is 11.8 Å². The number of rotatable bonds is 7. The maximum atomic E-state index is 13.0. The van der Waals surface area contributed by atoms with Gasteiger partial charge in [0.2, 0.25) is 0 Å². The highest BCUT2D eigenvalue weighted by Crippen LogP contribution is 2.12. The number of ether oxygens (including phenoxy) is 2. The van der Waals surface area contributed by atoms with Crippen LogP contribution in [0.25, 0.3) is 0 Å². The Morgan fingerprint density at radius 1 is 1.33 bits per heavy atom. The molecule has 1 rings (SSSR count). The van der Waals surface area contributed by atoms with E-state index in [-0.39, 0.29) is 37.5 Å². The van der Waals surface area contributed by atoms with Gasteiger partial charge < -0.3 is 14.4 Å². The third-order valence-corrected chi connectivity index (χ3v) is 2.71. The topological polar surface area (TPSA) is 55.8 Å². The minimum atomic E-state index is -0.467. The minimum Gasteiger partial charge on any atom is -0.484 e. The second-order valence-corrected chi connectivity index (χ2v) is 4.67. The first-order valence-corrected chi connectivity index (χ1v) is 6.77. The Kier molecular flexibility index (Phi) is 6.65. The Hall–Kier alpha value is -2.11. The maximum absolute atomic E-state index is 13.0. The van der Waals surface area contributed by atoms with Gasteiger partial charge in [-0.1, -0.05) is 6.07 Å². The lowest BCUT2D eigenvalue weighted by Gasteiger charge is -2.25. The molecule has 0 spiro atoms. The highest BCUT2D eigenvalue weighted by atomic mass is 19.1. The molecule has 0 aliphatic carbocycles. The van der Waals surface area contributed by atoms with E-state index in [9.17, 15) is 14.0 Å². The normalized spacial score (nSPS) is 10.3. The van der Waals surface area contributed by atoms with Crippen LogP contribution >= 0.6 is 0 Å². The molecular weight excluding hydrogens is 277 g/mol. The van der Waals surface area contributed by atoms with E-state index in [1.807, 2.05) is 0 Å². The SMILES string of the molecule is CCOC(=O)CN(C(=O)COc1cccc(F)c1)C(C)C. The van der Waals surface area contributed by atoms with Gasteiger partial charge in [0.15, 0.2) is 6.61 Å². The van der Waals surface area contributed by atoms with Crippen molar-refractivity contribution in [3.63, 3.8) is 0 Å². The van der Waals surface area contributed by atoms with Crippen molar-refractivity contribution in [1.82, 2.24) is 4.90 Å². The quantitative estimate of drug-likeness (QED) is 0.722. The summed E-state index contributed by atoms with van der Waals surface area (Å²) in [5.41, 5.74) is 0. The summed E-state index contributed by atoms with van der Waals surface area (Å²) in [5.74, 6) is -0.997. The second-order valence-electron chi connectivity index (χ2n) is 4.67. The summed E-state index contributed by atoms with van der Waals surface area (Å²) in [5, 5.41) is 0. The first-order chi connectivity index (χ1) is 9.93. The molecule has 0 radical (unpaired) electrons. The zero-order valence-corrected chi connectivity index (χ0v) is 12.5. The van der Waals surface area contributed by atoms with Crippen LogP contribution in [0.2, 0.25) is 0 Å². The molecule has 1 aromatic rings. The lowest BCUT2D eigenvalue weighted by molar-refractivity contribution is -0.150. The largest absolute Gasteiger partial charge is 0.484 e. The smallest absolute Gasteiger partial charge is 0.325 e. The molecule has 0 aliphatic heterocycles. The summed E-state index contributed by atoms with van der Waals surface area (Å²) in [6, 6.07) is 5.36. The Balaban J connectivity index is 2.59. The van der Waals surface area contributed by atoms with Gasteiger partial charge in [-0.25, -0.2) is 4.39 Å². The summed E-state index contributed by atoms with van der Waals surface area (Å²) in [4.78, 5) is 24.9. The number of hydrogen-bond acceptors (Lipinski definition) is 4. The number of carbonyl (C=O) groups is 2. The van der Waals surface area contributed by atoms with Gasteiger partial charge in [0.05, 0.1) is 6.61 Å². The van der Waals surface area contributed by atoms with Crippen molar-refractivity contribution >= 4 is 11.9 Å². The van der Waals surface area contributed by atoms with E-state index in [1.54, 1.807) is 26.8 Å². The van der Waals surface area contributed by atoms with Crippen LogP contribution in [0.5, 0.6) is 5.75 Å². The Bertz CT molecular complexity index is 490. The molecule has 0 aliphatic rings. The van der Waals surface area contributed by atoms with E-state index in [0.29, 0.717) is 0 Å². The summed E-state index contributed by atoms with van der Waals surface area (Å²) in [7, 11) is 0. The first kappa shape index (κ1) is 16.9. The Morgan fingerprint density at radius 2 is 2.05 bits per heavy atom. The molecule has 0 bridgehead atoms. The predicted octanol–water partition coefficient (Wildman–Crippen LogP) is 2.00. The molecule has 0 aromatic heterocycles. The Morgan fingerprint density at radius 3 is 2.62 bits per heavy atom. The van der Waals surface area contributed by atoms with Crippen LogP contribution in [0.1, 0.15) is 20.8 Å². The van der Waals surface area contributed by atoms with E-state index >= 15 is 0 Å². The molecule has 1 aromatic carbocycles. The molecule has 21 heavy (non-hydrogen) atoms. The van der Waals surface area contributed by atoms with Gasteiger partial charge in [0, 0.05) is 12.1 Å². The zero-order valence-electron chi connectivity index (χ0n) is 12.5. The third-order valence-electron chi connectivity index (χ3n) is 2.71. The van der Waals surface area contributed by atoms with Crippen LogP contribution in [0.15, 0.2) is 24.3 Å². The van der Waals surface area contributed by atoms with Crippen molar-refractivity contribution in [3.8, 4) is 5.75 Å². The number of carbonyl (C=O) groups excluding carboxylic acids is 2. The average Bonchev–Trinajstić information content (AvgIpc) is 2.42. The lowest BCUT2D eigenvalue weighted by Crippen LogP contribution is -2.43. The highest BCUT2D eigenvalue weighted by molar-refractivity contribution is 5.83. The van der Waals surface area contributed by atoms with Crippen molar-refractivity contribution in [2.75, 3.05) is 19.8 Å². The molecule has 0 unspecified atom stereocenters. The predicted molar refractivity (Wildman–Crippen MR) is 75.4 cm³/mol. The molecule has 6 heteroatoms. The van der Waals surface area contributed by atoms with Crippen LogP contribution < -0.4 is 4.74 Å². The number of nitrogens with zero attached hydrogens (tertiary/aromatic N) is 1. The fourth-order valence-corrected chi connectivity index (χ4v) is 1.69. The van der Waals surface area contributed by atoms with Crippen molar-refractivity contribution in [3.05, 3.63) is 30.1 Å². The monoisotopic (exact) mass is 297 g/mol. The Labute approximate surface area is 123 Å². The van der Waals surface area contributed by atoms with Crippen molar-refractivity contribution in [2.45, 2.75) is 26.8 Å². The average molecular weight is 297 g/mol. The van der Waals surface area contributed by atoms with Gasteiger partial charge in [0.1, 0.15) is 18.1 Å². The first-order valence-electron chi connectivity index (χ1n) is 6.77. The fraction of sp³-hybridized carbons (Fsp3) is 0.467. The van der Waals surface area contributed by atoms with Crippen molar-refractivity contribution in [2.24, 2.45) is 0 Å². The molecule has 0 N–H and O–H groups in total. The fourth-order valence-electron chi connectivity index (χ4n) is 1.69. The molecule has 5 nitrogen and oxygen atoms in total. The molecule has 0 fully saturated rings. The van der Waals surface area contributed by atoms with Crippen LogP contribution in [0, 0.1) is 5.82 Å². The number of esters is 1. The van der Waals surface area contributed by atoms with Gasteiger partial charge in [-0.05, 0) is 32.9 Å². The van der Waals surface area contributed by atoms with E-state index in [4.69, 9.17) is 9.47 Å². The van der Waals surface area contributed by atoms with Gasteiger partial charge in [-0.2, -0.15) is 0 Å². The number of amides is 1. The van der Waals surface area contributed by atoms with E-state index in [2.05, 4.69) is 0 Å². The van der Waals surface area contributed by atoms with E-state index in [0.717, 1.165) is 0 Å². The van der Waals surface area contributed by atoms with Crippen molar-refractivity contribution in [1.29, 1.82) is 0 Å². The summed E-state index contributed by atoms with van der Waals surface area (Å²) >= 11 is 0.